The van der Waals surface area contributed by atoms with Crippen molar-refractivity contribution >= 4 is 33.7 Å². The molecule has 7 nitrogen and oxygen atoms in total. The van der Waals surface area contributed by atoms with Crippen LogP contribution in [0.3, 0.4) is 0 Å². The molecule has 176 valence electrons. The highest BCUT2D eigenvalue weighted by Gasteiger charge is 2.24. The number of hydrogen-bond donors (Lipinski definition) is 3. The summed E-state index contributed by atoms with van der Waals surface area (Å²) in [5.74, 6) is 1.48. The molecule has 7 heteroatoms. The van der Waals surface area contributed by atoms with E-state index in [0.717, 1.165) is 42.7 Å². The van der Waals surface area contributed by atoms with Crippen molar-refractivity contribution in [2.75, 3.05) is 10.6 Å². The molecule has 0 amide bonds. The SMILES string of the molecule is NC1CCC(Nc2nc(NCc3cccc4ccccc34)c3ncn(C4CCCC4)c3n2)CC1. The van der Waals surface area contributed by atoms with Gasteiger partial charge in [-0.2, -0.15) is 9.97 Å². The highest BCUT2D eigenvalue weighted by atomic mass is 15.2. The van der Waals surface area contributed by atoms with Crippen LogP contribution in [0.25, 0.3) is 21.9 Å². The van der Waals surface area contributed by atoms with Crippen LogP contribution in [-0.4, -0.2) is 31.6 Å². The largest absolute Gasteiger partial charge is 0.364 e. The summed E-state index contributed by atoms with van der Waals surface area (Å²) in [5, 5.41) is 9.72. The minimum Gasteiger partial charge on any atom is -0.364 e. The molecule has 2 aromatic heterocycles. The van der Waals surface area contributed by atoms with Crippen LogP contribution in [0.15, 0.2) is 48.8 Å². The van der Waals surface area contributed by atoms with Gasteiger partial charge in [0.2, 0.25) is 5.95 Å². The van der Waals surface area contributed by atoms with Gasteiger partial charge < -0.3 is 20.9 Å². The molecule has 0 aliphatic heterocycles. The lowest BCUT2D eigenvalue weighted by atomic mass is 9.92. The van der Waals surface area contributed by atoms with Gasteiger partial charge in [-0.05, 0) is 54.9 Å². The Morgan fingerprint density at radius 2 is 1.71 bits per heavy atom. The quantitative estimate of drug-likeness (QED) is 0.361. The van der Waals surface area contributed by atoms with Gasteiger partial charge in [-0.25, -0.2) is 4.98 Å². The van der Waals surface area contributed by atoms with Gasteiger partial charge in [0.25, 0.3) is 0 Å². The minimum atomic E-state index is 0.322. The van der Waals surface area contributed by atoms with Gasteiger partial charge in [0, 0.05) is 24.7 Å². The van der Waals surface area contributed by atoms with E-state index in [4.69, 9.17) is 20.7 Å². The molecule has 0 saturated heterocycles. The van der Waals surface area contributed by atoms with Crippen molar-refractivity contribution in [3.8, 4) is 0 Å². The van der Waals surface area contributed by atoms with Crippen molar-refractivity contribution in [2.24, 2.45) is 5.73 Å². The van der Waals surface area contributed by atoms with Gasteiger partial charge >= 0.3 is 0 Å². The molecule has 2 fully saturated rings. The lowest BCUT2D eigenvalue weighted by Crippen LogP contribution is -2.33. The zero-order valence-corrected chi connectivity index (χ0v) is 19.6. The average Bonchev–Trinajstić information content (AvgIpc) is 3.54. The van der Waals surface area contributed by atoms with Crippen molar-refractivity contribution in [1.82, 2.24) is 19.5 Å². The number of nitrogens with one attached hydrogen (secondary N) is 2. The molecule has 4 aromatic rings. The molecule has 34 heavy (non-hydrogen) atoms. The number of benzene rings is 2. The first kappa shape index (κ1) is 21.4. The Bertz CT molecular complexity index is 1280. The van der Waals surface area contributed by atoms with Crippen molar-refractivity contribution in [1.29, 1.82) is 0 Å². The number of rotatable bonds is 6. The number of nitrogens with two attached hydrogens (primary N) is 1. The summed E-state index contributed by atoms with van der Waals surface area (Å²) in [4.78, 5) is 14.6. The Labute approximate surface area is 200 Å². The Balaban J connectivity index is 1.33. The number of fused-ring (bicyclic) bond motifs is 2. The van der Waals surface area contributed by atoms with Gasteiger partial charge in [0.05, 0.1) is 6.33 Å². The van der Waals surface area contributed by atoms with Crippen LogP contribution in [-0.2, 0) is 6.54 Å². The molecule has 2 aliphatic carbocycles. The van der Waals surface area contributed by atoms with E-state index in [9.17, 15) is 0 Å². The van der Waals surface area contributed by atoms with Gasteiger partial charge in [-0.3, -0.25) is 0 Å². The van der Waals surface area contributed by atoms with E-state index < -0.39 is 0 Å². The van der Waals surface area contributed by atoms with Crippen molar-refractivity contribution in [3.05, 3.63) is 54.4 Å². The van der Waals surface area contributed by atoms with Crippen molar-refractivity contribution in [2.45, 2.75) is 76.0 Å². The summed E-state index contributed by atoms with van der Waals surface area (Å²) in [6.07, 6.45) is 11.1. The van der Waals surface area contributed by atoms with E-state index in [1.54, 1.807) is 0 Å². The Morgan fingerprint density at radius 1 is 0.912 bits per heavy atom. The number of imidazole rings is 1. The zero-order valence-electron chi connectivity index (χ0n) is 19.6. The second-order valence-electron chi connectivity index (χ2n) is 9.91. The number of anilines is 2. The van der Waals surface area contributed by atoms with Crippen LogP contribution in [0.5, 0.6) is 0 Å². The highest BCUT2D eigenvalue weighted by Crippen LogP contribution is 2.33. The Kier molecular flexibility index (Phi) is 5.79. The third-order valence-electron chi connectivity index (χ3n) is 7.57. The van der Waals surface area contributed by atoms with E-state index in [1.165, 1.54) is 42.0 Å². The number of aromatic nitrogens is 4. The minimum absolute atomic E-state index is 0.322. The molecule has 0 bridgehead atoms. The highest BCUT2D eigenvalue weighted by molar-refractivity contribution is 5.87. The fourth-order valence-electron chi connectivity index (χ4n) is 5.63. The molecule has 2 heterocycles. The van der Waals surface area contributed by atoms with E-state index >= 15 is 0 Å². The van der Waals surface area contributed by atoms with Gasteiger partial charge in [0.15, 0.2) is 17.0 Å². The molecule has 6 rings (SSSR count). The first-order chi connectivity index (χ1) is 16.7. The average molecular weight is 456 g/mol. The summed E-state index contributed by atoms with van der Waals surface area (Å²) in [5.41, 5.74) is 9.14. The molecule has 0 atom stereocenters. The molecule has 0 unspecified atom stereocenters. The van der Waals surface area contributed by atoms with Gasteiger partial charge in [0.1, 0.15) is 0 Å². The second-order valence-corrected chi connectivity index (χ2v) is 9.91. The maximum Gasteiger partial charge on any atom is 0.227 e. The van der Waals surface area contributed by atoms with Crippen LogP contribution in [0.2, 0.25) is 0 Å². The predicted molar refractivity (Wildman–Crippen MR) is 138 cm³/mol. The van der Waals surface area contributed by atoms with Crippen LogP contribution >= 0.6 is 0 Å². The maximum absolute atomic E-state index is 6.12. The molecular weight excluding hydrogens is 422 g/mol. The number of hydrogen-bond acceptors (Lipinski definition) is 6. The van der Waals surface area contributed by atoms with Crippen LogP contribution in [0.1, 0.15) is 63.0 Å². The maximum atomic E-state index is 6.12. The van der Waals surface area contributed by atoms with Crippen LogP contribution < -0.4 is 16.4 Å². The molecular formula is C27H33N7. The molecule has 2 saturated carbocycles. The second kappa shape index (κ2) is 9.22. The summed E-state index contributed by atoms with van der Waals surface area (Å²) in [6, 6.07) is 16.1. The standard InChI is InChI=1S/C27H33N7/c28-20-12-14-21(15-13-20)31-27-32-25(24-26(33-27)34(17-30-24)22-9-2-3-10-22)29-16-19-8-5-7-18-6-1-4-11-23(18)19/h1,4-8,11,17,20-22H,2-3,9-10,12-16,28H2,(H2,29,31,32,33). The smallest absolute Gasteiger partial charge is 0.227 e. The van der Waals surface area contributed by atoms with Crippen molar-refractivity contribution in [3.63, 3.8) is 0 Å². The predicted octanol–water partition coefficient (Wildman–Crippen LogP) is 5.39. The molecule has 4 N–H and O–H groups in total. The third kappa shape index (κ3) is 4.20. The first-order valence-corrected chi connectivity index (χ1v) is 12.7. The zero-order chi connectivity index (χ0) is 22.9. The number of nitrogens with zero attached hydrogens (tertiary/aromatic N) is 4. The lowest BCUT2D eigenvalue weighted by molar-refractivity contribution is 0.410. The van der Waals surface area contributed by atoms with E-state index in [1.807, 2.05) is 6.33 Å². The Hall–Kier alpha value is -3.19. The molecule has 2 aromatic carbocycles. The monoisotopic (exact) mass is 455 g/mol. The normalized spacial score (nSPS) is 21.3. The lowest BCUT2D eigenvalue weighted by Gasteiger charge is -2.27. The molecule has 0 spiro atoms. The summed E-state index contributed by atoms with van der Waals surface area (Å²) < 4.78 is 2.27. The molecule has 2 aliphatic rings. The van der Waals surface area contributed by atoms with Crippen LogP contribution in [0, 0.1) is 0 Å². The van der Waals surface area contributed by atoms with E-state index in [0.29, 0.717) is 30.6 Å². The summed E-state index contributed by atoms with van der Waals surface area (Å²) in [7, 11) is 0. The Morgan fingerprint density at radius 3 is 2.56 bits per heavy atom. The first-order valence-electron chi connectivity index (χ1n) is 12.7. The third-order valence-corrected chi connectivity index (χ3v) is 7.57. The van der Waals surface area contributed by atoms with Crippen molar-refractivity contribution < 1.29 is 0 Å². The fourth-order valence-corrected chi connectivity index (χ4v) is 5.63. The van der Waals surface area contributed by atoms with E-state index in [-0.39, 0.29) is 0 Å². The summed E-state index contributed by atoms with van der Waals surface area (Å²) >= 11 is 0. The summed E-state index contributed by atoms with van der Waals surface area (Å²) in [6.45, 7) is 0.682. The fraction of sp³-hybridized carbons (Fsp3) is 0.444. The van der Waals surface area contributed by atoms with Gasteiger partial charge in [-0.1, -0.05) is 55.3 Å². The van der Waals surface area contributed by atoms with E-state index in [2.05, 4.69) is 57.7 Å². The van der Waals surface area contributed by atoms with Gasteiger partial charge in [-0.15, -0.1) is 0 Å². The topological polar surface area (TPSA) is 93.7 Å². The van der Waals surface area contributed by atoms with Crippen LogP contribution in [0.4, 0.5) is 11.8 Å². The molecule has 0 radical (unpaired) electrons.